The monoisotopic (exact) mass is 371 g/mol. The molecule has 1 aromatic rings. The van der Waals surface area contributed by atoms with Gasteiger partial charge in [-0.05, 0) is 25.2 Å². The van der Waals surface area contributed by atoms with E-state index in [0.29, 0.717) is 38.5 Å². The SMILES string of the molecule is COC[C@H]1CN(S(C)(=O)=O)CC12CCN(C(=O)c1cc(C)no1)CC2. The Balaban J connectivity index is 1.71. The minimum absolute atomic E-state index is 0.132. The van der Waals surface area contributed by atoms with E-state index in [0.717, 1.165) is 12.8 Å². The number of ether oxygens (including phenoxy) is 1. The molecule has 2 saturated heterocycles. The van der Waals surface area contributed by atoms with E-state index in [4.69, 9.17) is 9.26 Å². The van der Waals surface area contributed by atoms with Gasteiger partial charge in [0.05, 0.1) is 18.6 Å². The van der Waals surface area contributed by atoms with Crippen LogP contribution in [0.2, 0.25) is 0 Å². The van der Waals surface area contributed by atoms with Crippen molar-refractivity contribution in [2.45, 2.75) is 19.8 Å². The van der Waals surface area contributed by atoms with Crippen molar-refractivity contribution in [3.63, 3.8) is 0 Å². The number of carbonyl (C=O) groups excluding carboxylic acids is 1. The second-order valence-electron chi connectivity index (χ2n) is 7.19. The van der Waals surface area contributed by atoms with Crippen LogP contribution in [0.4, 0.5) is 0 Å². The van der Waals surface area contributed by atoms with E-state index in [1.54, 1.807) is 29.3 Å². The average molecular weight is 371 g/mol. The summed E-state index contributed by atoms with van der Waals surface area (Å²) in [5, 5.41) is 3.76. The van der Waals surface area contributed by atoms with Gasteiger partial charge in [-0.3, -0.25) is 4.79 Å². The number of carbonyl (C=O) groups is 1. The first-order valence-electron chi connectivity index (χ1n) is 8.42. The summed E-state index contributed by atoms with van der Waals surface area (Å²) < 4.78 is 35.9. The Morgan fingerprint density at radius 1 is 1.44 bits per heavy atom. The van der Waals surface area contributed by atoms with Gasteiger partial charge in [-0.1, -0.05) is 5.16 Å². The highest BCUT2D eigenvalue weighted by Gasteiger charge is 2.50. The molecule has 0 radical (unpaired) electrons. The fourth-order valence-corrected chi connectivity index (χ4v) is 4.95. The molecule has 8 nitrogen and oxygen atoms in total. The third-order valence-corrected chi connectivity index (χ3v) is 6.72. The fraction of sp³-hybridized carbons (Fsp3) is 0.750. The van der Waals surface area contributed by atoms with Gasteiger partial charge in [-0.15, -0.1) is 0 Å². The van der Waals surface area contributed by atoms with E-state index in [9.17, 15) is 13.2 Å². The Labute approximate surface area is 148 Å². The fourth-order valence-electron chi connectivity index (χ4n) is 4.01. The summed E-state index contributed by atoms with van der Waals surface area (Å²) in [5.41, 5.74) is 0.546. The van der Waals surface area contributed by atoms with Gasteiger partial charge in [0.15, 0.2) is 0 Å². The van der Waals surface area contributed by atoms with E-state index in [1.165, 1.54) is 6.26 Å². The topological polar surface area (TPSA) is 93.0 Å². The molecule has 0 aromatic carbocycles. The van der Waals surface area contributed by atoms with Crippen LogP contribution in [0.1, 0.15) is 29.1 Å². The zero-order chi connectivity index (χ0) is 18.2. The Morgan fingerprint density at radius 2 is 2.12 bits per heavy atom. The van der Waals surface area contributed by atoms with Gasteiger partial charge in [0, 0.05) is 45.3 Å². The quantitative estimate of drug-likeness (QED) is 0.775. The number of likely N-dealkylation sites (tertiary alicyclic amines) is 1. The van der Waals surface area contributed by atoms with Gasteiger partial charge in [-0.25, -0.2) is 12.7 Å². The zero-order valence-corrected chi connectivity index (χ0v) is 15.7. The third kappa shape index (κ3) is 3.58. The standard InChI is InChI=1S/C16H25N3O5S/c1-12-8-14(24-17-12)15(20)18-6-4-16(5-7-18)11-19(25(3,21)22)9-13(16)10-23-2/h8,13H,4-7,9-11H2,1-3H3/t13-/m1/s1. The molecular weight excluding hydrogens is 346 g/mol. The summed E-state index contributed by atoms with van der Waals surface area (Å²) in [5.74, 6) is 0.250. The van der Waals surface area contributed by atoms with Crippen LogP contribution >= 0.6 is 0 Å². The van der Waals surface area contributed by atoms with Crippen LogP contribution < -0.4 is 0 Å². The molecule has 1 aromatic heterocycles. The van der Waals surface area contributed by atoms with Crippen LogP contribution in [-0.4, -0.2) is 74.8 Å². The predicted octanol–water partition coefficient (Wildman–Crippen LogP) is 0.743. The molecule has 140 valence electrons. The van der Waals surface area contributed by atoms with Gasteiger partial charge in [0.2, 0.25) is 15.8 Å². The lowest BCUT2D eigenvalue weighted by Crippen LogP contribution is -2.47. The smallest absolute Gasteiger partial charge is 0.292 e. The lowest BCUT2D eigenvalue weighted by Gasteiger charge is -2.42. The van der Waals surface area contributed by atoms with Crippen LogP contribution in [0.25, 0.3) is 0 Å². The first kappa shape index (κ1) is 18.3. The minimum atomic E-state index is -3.23. The van der Waals surface area contributed by atoms with Crippen molar-refractivity contribution in [2.24, 2.45) is 11.3 Å². The van der Waals surface area contributed by atoms with Crippen LogP contribution in [0, 0.1) is 18.3 Å². The number of piperidine rings is 1. The number of nitrogens with zero attached hydrogens (tertiary/aromatic N) is 3. The lowest BCUT2D eigenvalue weighted by atomic mass is 9.71. The van der Waals surface area contributed by atoms with Gasteiger partial charge in [-0.2, -0.15) is 0 Å². The Kier molecular flexibility index (Phi) is 4.91. The molecule has 3 rings (SSSR count). The molecule has 0 aliphatic carbocycles. The van der Waals surface area contributed by atoms with E-state index in [1.807, 2.05) is 0 Å². The van der Waals surface area contributed by atoms with Crippen molar-refractivity contribution in [3.8, 4) is 0 Å². The van der Waals surface area contributed by atoms with Crippen molar-refractivity contribution >= 4 is 15.9 Å². The first-order valence-corrected chi connectivity index (χ1v) is 10.3. The number of methoxy groups -OCH3 is 1. The molecule has 0 saturated carbocycles. The molecule has 0 N–H and O–H groups in total. The number of aromatic nitrogens is 1. The number of hydrogen-bond donors (Lipinski definition) is 0. The molecule has 2 aliphatic heterocycles. The van der Waals surface area contributed by atoms with Gasteiger partial charge in [0.1, 0.15) is 0 Å². The van der Waals surface area contributed by atoms with Crippen LogP contribution in [0.3, 0.4) is 0 Å². The molecule has 2 fully saturated rings. The van der Waals surface area contributed by atoms with Gasteiger partial charge in [0.25, 0.3) is 5.91 Å². The van der Waals surface area contributed by atoms with Gasteiger partial charge >= 0.3 is 0 Å². The third-order valence-electron chi connectivity index (χ3n) is 5.50. The largest absolute Gasteiger partial charge is 0.384 e. The second kappa shape index (κ2) is 6.69. The number of amides is 1. The predicted molar refractivity (Wildman–Crippen MR) is 90.6 cm³/mol. The molecule has 0 bridgehead atoms. The normalized spacial score (nSPS) is 24.1. The van der Waals surface area contributed by atoms with E-state index < -0.39 is 10.0 Å². The molecule has 3 heterocycles. The summed E-state index contributed by atoms with van der Waals surface area (Å²) in [7, 11) is -1.58. The molecular formula is C16H25N3O5S. The molecule has 1 amide bonds. The number of aryl methyl sites for hydroxylation is 1. The van der Waals surface area contributed by atoms with E-state index >= 15 is 0 Å². The van der Waals surface area contributed by atoms with Gasteiger partial charge < -0.3 is 14.2 Å². The summed E-state index contributed by atoms with van der Waals surface area (Å²) >= 11 is 0. The maximum atomic E-state index is 12.5. The highest BCUT2D eigenvalue weighted by molar-refractivity contribution is 7.88. The maximum Gasteiger partial charge on any atom is 0.292 e. The van der Waals surface area contributed by atoms with Crippen molar-refractivity contribution in [1.29, 1.82) is 0 Å². The summed E-state index contributed by atoms with van der Waals surface area (Å²) in [6.45, 7) is 4.46. The Morgan fingerprint density at radius 3 is 2.64 bits per heavy atom. The minimum Gasteiger partial charge on any atom is -0.384 e. The Bertz CT molecular complexity index is 737. The lowest BCUT2D eigenvalue weighted by molar-refractivity contribution is 0.0307. The number of hydrogen-bond acceptors (Lipinski definition) is 6. The molecule has 1 atom stereocenters. The van der Waals surface area contributed by atoms with E-state index in [-0.39, 0.29) is 23.0 Å². The zero-order valence-electron chi connectivity index (χ0n) is 14.9. The Hall–Kier alpha value is -1.45. The molecule has 9 heteroatoms. The van der Waals surface area contributed by atoms with Crippen molar-refractivity contribution in [3.05, 3.63) is 17.5 Å². The van der Waals surface area contributed by atoms with Crippen LogP contribution in [0.15, 0.2) is 10.6 Å². The van der Waals surface area contributed by atoms with Crippen LogP contribution in [0.5, 0.6) is 0 Å². The average Bonchev–Trinajstić information content (AvgIpc) is 3.13. The first-order chi connectivity index (χ1) is 11.7. The summed E-state index contributed by atoms with van der Waals surface area (Å²) in [6.07, 6.45) is 2.76. The van der Waals surface area contributed by atoms with Crippen LogP contribution in [-0.2, 0) is 14.8 Å². The highest BCUT2D eigenvalue weighted by atomic mass is 32.2. The second-order valence-corrected chi connectivity index (χ2v) is 9.18. The molecule has 2 aliphatic rings. The molecule has 1 spiro atoms. The maximum absolute atomic E-state index is 12.5. The molecule has 25 heavy (non-hydrogen) atoms. The number of rotatable bonds is 4. The van der Waals surface area contributed by atoms with Crippen molar-refractivity contribution in [2.75, 3.05) is 46.2 Å². The number of sulfonamides is 1. The van der Waals surface area contributed by atoms with E-state index in [2.05, 4.69) is 5.16 Å². The van der Waals surface area contributed by atoms with Crippen molar-refractivity contribution < 1.29 is 22.5 Å². The molecule has 0 unspecified atom stereocenters. The summed E-state index contributed by atoms with van der Waals surface area (Å²) in [4.78, 5) is 14.3. The highest BCUT2D eigenvalue weighted by Crippen LogP contribution is 2.45. The van der Waals surface area contributed by atoms with Crippen molar-refractivity contribution in [1.82, 2.24) is 14.4 Å². The summed E-state index contributed by atoms with van der Waals surface area (Å²) in [6, 6.07) is 1.64.